The third-order valence-electron chi connectivity index (χ3n) is 6.72. The van der Waals surface area contributed by atoms with Crippen LogP contribution < -0.4 is 0 Å². The van der Waals surface area contributed by atoms with E-state index in [0.29, 0.717) is 62.3 Å². The monoisotopic (exact) mass is 437 g/mol. The van der Waals surface area contributed by atoms with Crippen molar-refractivity contribution in [1.82, 2.24) is 4.90 Å². The van der Waals surface area contributed by atoms with Crippen LogP contribution in [-0.4, -0.2) is 42.3 Å². The fraction of sp³-hybridized carbons (Fsp3) is 0.500. The molecule has 0 N–H and O–H groups in total. The molecule has 1 aromatic carbocycles. The summed E-state index contributed by atoms with van der Waals surface area (Å²) < 4.78 is 11.0. The van der Waals surface area contributed by atoms with Crippen LogP contribution in [0.25, 0.3) is 0 Å². The number of fused-ring (bicyclic) bond motifs is 1. The van der Waals surface area contributed by atoms with Crippen LogP contribution in [0.2, 0.25) is 0 Å². The van der Waals surface area contributed by atoms with Gasteiger partial charge in [-0.3, -0.25) is 14.4 Å². The predicted molar refractivity (Wildman–Crippen MR) is 120 cm³/mol. The number of hydrogen-bond donors (Lipinski definition) is 0. The number of piperidine rings is 1. The number of hydrogen-bond acceptors (Lipinski definition) is 5. The summed E-state index contributed by atoms with van der Waals surface area (Å²) in [6.45, 7) is 3.00. The van der Waals surface area contributed by atoms with Crippen LogP contribution in [0.15, 0.2) is 41.0 Å². The van der Waals surface area contributed by atoms with Crippen molar-refractivity contribution in [2.75, 3.05) is 19.7 Å². The Kier molecular flexibility index (Phi) is 6.77. The molecule has 1 atom stereocenters. The number of nitrogens with zero attached hydrogens (tertiary/aromatic N) is 1. The lowest BCUT2D eigenvalue weighted by Gasteiger charge is -2.41. The van der Waals surface area contributed by atoms with Gasteiger partial charge in [-0.15, -0.1) is 0 Å². The lowest BCUT2D eigenvalue weighted by molar-refractivity contribution is -0.159. The normalized spacial score (nSPS) is 20.7. The molecule has 0 spiro atoms. The molecular formula is C26H31NO5. The van der Waals surface area contributed by atoms with Gasteiger partial charge in [0.2, 0.25) is 0 Å². The van der Waals surface area contributed by atoms with E-state index in [4.69, 9.17) is 9.15 Å². The average Bonchev–Trinajstić information content (AvgIpc) is 3.25. The molecule has 170 valence electrons. The number of ether oxygens (including phenoxy) is 1. The maximum atomic E-state index is 13.4. The number of esters is 1. The van der Waals surface area contributed by atoms with E-state index in [1.165, 1.54) is 11.8 Å². The first kappa shape index (κ1) is 22.3. The van der Waals surface area contributed by atoms with Gasteiger partial charge in [0.15, 0.2) is 5.78 Å². The number of carbonyl (C=O) groups is 3. The zero-order valence-electron chi connectivity index (χ0n) is 18.7. The van der Waals surface area contributed by atoms with E-state index < -0.39 is 5.41 Å². The van der Waals surface area contributed by atoms with Crippen LogP contribution in [0, 0.1) is 5.41 Å². The fourth-order valence-electron chi connectivity index (χ4n) is 5.09. The van der Waals surface area contributed by atoms with Crippen molar-refractivity contribution in [3.63, 3.8) is 0 Å². The minimum absolute atomic E-state index is 0.0279. The molecule has 0 bridgehead atoms. The Bertz CT molecular complexity index is 979. The molecule has 32 heavy (non-hydrogen) atoms. The molecule has 1 aliphatic carbocycles. The highest BCUT2D eigenvalue weighted by Crippen LogP contribution is 2.38. The lowest BCUT2D eigenvalue weighted by atomic mass is 9.75. The van der Waals surface area contributed by atoms with Crippen molar-refractivity contribution in [3.8, 4) is 0 Å². The molecule has 1 amide bonds. The Hall–Kier alpha value is -2.89. The van der Waals surface area contributed by atoms with Gasteiger partial charge in [0.1, 0.15) is 12.0 Å². The standard InChI is InChI=1S/C26H31NO5/c1-2-31-25(30)26(14-7-11-19-9-4-3-5-10-19)15-8-16-27(18-26)24(29)20-17-32-22-13-6-12-21(28)23(20)22/h3-5,9-10,17H,2,6-8,11-16,18H2,1H3. The molecular weight excluding hydrogens is 406 g/mol. The van der Waals surface area contributed by atoms with Gasteiger partial charge in [0.05, 0.1) is 23.1 Å². The van der Waals surface area contributed by atoms with E-state index >= 15 is 0 Å². The summed E-state index contributed by atoms with van der Waals surface area (Å²) in [5.74, 6) is 0.138. The zero-order chi connectivity index (χ0) is 22.6. The highest BCUT2D eigenvalue weighted by Gasteiger charge is 2.45. The minimum Gasteiger partial charge on any atom is -0.468 e. The van der Waals surface area contributed by atoms with E-state index in [2.05, 4.69) is 12.1 Å². The van der Waals surface area contributed by atoms with Crippen LogP contribution in [0.4, 0.5) is 0 Å². The molecule has 2 aliphatic rings. The average molecular weight is 438 g/mol. The molecule has 1 unspecified atom stereocenters. The smallest absolute Gasteiger partial charge is 0.313 e. The van der Waals surface area contributed by atoms with Gasteiger partial charge >= 0.3 is 5.97 Å². The zero-order valence-corrected chi connectivity index (χ0v) is 18.7. The minimum atomic E-state index is -0.716. The summed E-state index contributed by atoms with van der Waals surface area (Å²) in [6, 6.07) is 10.2. The third-order valence-corrected chi connectivity index (χ3v) is 6.72. The van der Waals surface area contributed by atoms with Crippen LogP contribution in [-0.2, 0) is 22.4 Å². The van der Waals surface area contributed by atoms with Crippen molar-refractivity contribution in [2.24, 2.45) is 5.41 Å². The summed E-state index contributed by atoms with van der Waals surface area (Å²) in [5, 5.41) is 0. The Balaban J connectivity index is 1.52. The van der Waals surface area contributed by atoms with Gasteiger partial charge in [0.25, 0.3) is 5.91 Å². The SMILES string of the molecule is CCOC(=O)C1(CCCc2ccccc2)CCCN(C(=O)c2coc3c2C(=O)CCC3)C1. The topological polar surface area (TPSA) is 76.8 Å². The second-order valence-corrected chi connectivity index (χ2v) is 8.89. The van der Waals surface area contributed by atoms with E-state index in [1.807, 2.05) is 25.1 Å². The Labute approximate surface area is 188 Å². The Morgan fingerprint density at radius 3 is 2.75 bits per heavy atom. The van der Waals surface area contributed by atoms with E-state index in [-0.39, 0.29) is 17.7 Å². The molecule has 2 heterocycles. The summed E-state index contributed by atoms with van der Waals surface area (Å²) in [4.78, 5) is 40.6. The van der Waals surface area contributed by atoms with Gasteiger partial charge in [-0.05, 0) is 51.0 Å². The number of likely N-dealkylation sites (tertiary alicyclic amines) is 1. The van der Waals surface area contributed by atoms with Crippen molar-refractivity contribution in [1.29, 1.82) is 0 Å². The number of carbonyl (C=O) groups excluding carboxylic acids is 3. The molecule has 1 fully saturated rings. The fourth-order valence-corrected chi connectivity index (χ4v) is 5.09. The molecule has 1 saturated heterocycles. The van der Waals surface area contributed by atoms with Crippen LogP contribution in [0.5, 0.6) is 0 Å². The van der Waals surface area contributed by atoms with Gasteiger partial charge in [-0.25, -0.2) is 0 Å². The first-order valence-electron chi connectivity index (χ1n) is 11.7. The third kappa shape index (κ3) is 4.50. The Morgan fingerprint density at radius 2 is 1.97 bits per heavy atom. The maximum Gasteiger partial charge on any atom is 0.313 e. The second kappa shape index (κ2) is 9.72. The largest absolute Gasteiger partial charge is 0.468 e. The quantitative estimate of drug-likeness (QED) is 0.592. The highest BCUT2D eigenvalue weighted by molar-refractivity contribution is 6.09. The number of aryl methyl sites for hydroxylation is 2. The number of furan rings is 1. The van der Waals surface area contributed by atoms with E-state index in [9.17, 15) is 14.4 Å². The second-order valence-electron chi connectivity index (χ2n) is 8.89. The van der Waals surface area contributed by atoms with Gasteiger partial charge in [0, 0.05) is 25.9 Å². The highest BCUT2D eigenvalue weighted by atomic mass is 16.5. The van der Waals surface area contributed by atoms with E-state index in [0.717, 1.165) is 25.7 Å². The molecule has 0 radical (unpaired) electrons. The van der Waals surface area contributed by atoms with Crippen LogP contribution in [0.3, 0.4) is 0 Å². The Morgan fingerprint density at radius 1 is 1.16 bits per heavy atom. The summed E-state index contributed by atoms with van der Waals surface area (Å²) in [5.41, 5.74) is 1.30. The van der Waals surface area contributed by atoms with Crippen LogP contribution in [0.1, 0.15) is 77.5 Å². The number of Topliss-reactive ketones (excluding diaryl/α,β-unsaturated/α-hetero) is 1. The first-order chi connectivity index (χ1) is 15.5. The summed E-state index contributed by atoms with van der Waals surface area (Å²) in [6.07, 6.45) is 7.10. The molecule has 1 aromatic heterocycles. The number of amides is 1. The van der Waals surface area contributed by atoms with Gasteiger partial charge in [-0.1, -0.05) is 30.3 Å². The van der Waals surface area contributed by atoms with Crippen molar-refractivity contribution >= 4 is 17.7 Å². The molecule has 2 aromatic rings. The first-order valence-corrected chi connectivity index (χ1v) is 11.7. The van der Waals surface area contributed by atoms with Crippen molar-refractivity contribution < 1.29 is 23.5 Å². The molecule has 1 aliphatic heterocycles. The molecule has 6 heteroatoms. The summed E-state index contributed by atoms with van der Waals surface area (Å²) in [7, 11) is 0. The van der Waals surface area contributed by atoms with Gasteiger partial charge < -0.3 is 14.1 Å². The van der Waals surface area contributed by atoms with Crippen LogP contribution >= 0.6 is 0 Å². The molecule has 4 rings (SSSR count). The van der Waals surface area contributed by atoms with Gasteiger partial charge in [-0.2, -0.15) is 0 Å². The van der Waals surface area contributed by atoms with E-state index in [1.54, 1.807) is 4.90 Å². The molecule has 6 nitrogen and oxygen atoms in total. The summed E-state index contributed by atoms with van der Waals surface area (Å²) >= 11 is 0. The lowest BCUT2D eigenvalue weighted by Crippen LogP contribution is -2.50. The van der Waals surface area contributed by atoms with Crippen molar-refractivity contribution in [3.05, 3.63) is 59.0 Å². The predicted octanol–water partition coefficient (Wildman–Crippen LogP) is 4.61. The molecule has 0 saturated carbocycles. The number of ketones is 1. The maximum absolute atomic E-state index is 13.4. The number of rotatable bonds is 7. The van der Waals surface area contributed by atoms with Crippen molar-refractivity contribution in [2.45, 2.75) is 58.3 Å². The number of benzene rings is 1.